The van der Waals surface area contributed by atoms with Gasteiger partial charge in [-0.15, -0.1) is 16.4 Å². The van der Waals surface area contributed by atoms with Crippen molar-refractivity contribution in [2.75, 3.05) is 14.2 Å². The molecule has 4 aromatic rings. The number of carbonyl (C=O) groups excluding carboxylic acids is 1. The molecule has 4 rings (SSSR count). The molecule has 1 atom stereocenters. The minimum atomic E-state index is -3.77. The summed E-state index contributed by atoms with van der Waals surface area (Å²) in [5.74, 6) is -0.284. The number of hydrogen-bond donors (Lipinski definition) is 1. The number of thiophene rings is 1. The molecule has 1 N–H and O–H groups in total. The van der Waals surface area contributed by atoms with Crippen LogP contribution in [0.4, 0.5) is 0 Å². The molecule has 11 heteroatoms. The van der Waals surface area contributed by atoms with Gasteiger partial charge in [0, 0.05) is 11.9 Å². The summed E-state index contributed by atoms with van der Waals surface area (Å²) in [5, 5.41) is 17.7. The van der Waals surface area contributed by atoms with E-state index in [9.17, 15) is 18.3 Å². The molecular formula is C25H26N4O5S2. The van der Waals surface area contributed by atoms with Gasteiger partial charge in [0.1, 0.15) is 9.96 Å². The Morgan fingerprint density at radius 3 is 2.53 bits per heavy atom. The van der Waals surface area contributed by atoms with Crippen molar-refractivity contribution in [1.82, 2.24) is 19.3 Å². The lowest BCUT2D eigenvalue weighted by atomic mass is 10.0. The maximum Gasteiger partial charge on any atom is 0.307 e. The van der Waals surface area contributed by atoms with Crippen molar-refractivity contribution in [3.8, 4) is 16.2 Å². The second-order valence-electron chi connectivity index (χ2n) is 8.22. The maximum atomic E-state index is 13.3. The lowest BCUT2D eigenvalue weighted by molar-refractivity contribution is -0.141. The molecule has 0 unspecified atom stereocenters. The van der Waals surface area contributed by atoms with Gasteiger partial charge < -0.3 is 9.84 Å². The first-order valence-electron chi connectivity index (χ1n) is 11.1. The highest BCUT2D eigenvalue weighted by Crippen LogP contribution is 2.32. The summed E-state index contributed by atoms with van der Waals surface area (Å²) in [6.45, 7) is 0.0150. The molecule has 0 amide bonds. The molecular weight excluding hydrogens is 500 g/mol. The highest BCUT2D eigenvalue weighted by Gasteiger charge is 2.27. The average Bonchev–Trinajstić information content (AvgIpc) is 3.56. The summed E-state index contributed by atoms with van der Waals surface area (Å²) in [7, 11) is -0.956. The number of carbonyl (C=O) groups is 1. The van der Waals surface area contributed by atoms with Crippen molar-refractivity contribution in [3.05, 3.63) is 84.2 Å². The van der Waals surface area contributed by atoms with Gasteiger partial charge in [0.15, 0.2) is 0 Å². The first-order chi connectivity index (χ1) is 17.3. The molecule has 188 valence electrons. The maximum absolute atomic E-state index is 13.3. The molecule has 0 spiro atoms. The van der Waals surface area contributed by atoms with Crippen LogP contribution in [0, 0.1) is 0 Å². The molecule has 0 aliphatic carbocycles. The van der Waals surface area contributed by atoms with Crippen LogP contribution in [0.5, 0.6) is 5.75 Å². The van der Waals surface area contributed by atoms with Gasteiger partial charge in [-0.25, -0.2) is 13.1 Å². The van der Waals surface area contributed by atoms with Crippen LogP contribution in [0.2, 0.25) is 0 Å². The van der Waals surface area contributed by atoms with Crippen molar-refractivity contribution in [1.29, 1.82) is 0 Å². The zero-order valence-corrected chi connectivity index (χ0v) is 21.4. The first-order valence-corrected chi connectivity index (χ1v) is 13.4. The van der Waals surface area contributed by atoms with Crippen molar-refractivity contribution in [3.63, 3.8) is 0 Å². The Labute approximate surface area is 213 Å². The summed E-state index contributed by atoms with van der Waals surface area (Å²) < 4.78 is 34.6. The number of benzene rings is 2. The topological polar surface area (TPSA) is 115 Å². The number of sulfonamides is 1. The van der Waals surface area contributed by atoms with Crippen LogP contribution in [0.25, 0.3) is 10.4 Å². The third kappa shape index (κ3) is 5.81. The molecule has 0 bridgehead atoms. The average molecular weight is 527 g/mol. The highest BCUT2D eigenvalue weighted by atomic mass is 32.2. The van der Waals surface area contributed by atoms with E-state index >= 15 is 0 Å². The van der Waals surface area contributed by atoms with E-state index in [4.69, 9.17) is 4.74 Å². The predicted molar refractivity (Wildman–Crippen MR) is 136 cm³/mol. The lowest BCUT2D eigenvalue weighted by Crippen LogP contribution is -2.28. The van der Waals surface area contributed by atoms with Gasteiger partial charge in [0.25, 0.3) is 10.0 Å². The molecule has 0 aliphatic rings. The SMILES string of the molecule is COC(=O)C[C@H](Cc1ccc(O)cc1)n1nncc1CN(C)S(=O)(=O)c1ccc(-c2ccccc2)s1. The summed E-state index contributed by atoms with van der Waals surface area (Å²) in [6, 6.07) is 19.2. The highest BCUT2D eigenvalue weighted by molar-refractivity contribution is 7.91. The number of aromatic hydroxyl groups is 1. The quantitative estimate of drug-likeness (QED) is 0.312. The molecule has 0 saturated heterocycles. The van der Waals surface area contributed by atoms with E-state index in [-0.39, 0.29) is 22.9 Å². The molecule has 0 fully saturated rings. The fraction of sp³-hybridized carbons (Fsp3) is 0.240. The minimum absolute atomic E-state index is 0.0150. The fourth-order valence-corrected chi connectivity index (χ4v) is 6.46. The third-order valence-electron chi connectivity index (χ3n) is 5.72. The van der Waals surface area contributed by atoms with E-state index in [1.54, 1.807) is 41.1 Å². The van der Waals surface area contributed by atoms with E-state index in [2.05, 4.69) is 10.3 Å². The molecule has 2 aromatic heterocycles. The van der Waals surface area contributed by atoms with Crippen LogP contribution in [0.1, 0.15) is 23.7 Å². The Kier molecular flexibility index (Phi) is 7.82. The molecule has 2 heterocycles. The third-order valence-corrected chi connectivity index (χ3v) is 9.13. The summed E-state index contributed by atoms with van der Waals surface area (Å²) >= 11 is 1.21. The van der Waals surface area contributed by atoms with Crippen molar-refractivity contribution >= 4 is 27.3 Å². The lowest BCUT2D eigenvalue weighted by Gasteiger charge is -2.21. The standard InChI is InChI=1S/C25H26N4O5S2/c1-28(36(32,33)25-13-12-23(35-25)19-6-4-3-5-7-19)17-21-16-26-27-29(21)20(15-24(31)34-2)14-18-8-10-22(30)11-9-18/h3-13,16,20,30H,14-15,17H2,1-2H3/t20-/m0/s1. The Morgan fingerprint density at radius 2 is 1.83 bits per heavy atom. The number of phenols is 1. The van der Waals surface area contributed by atoms with E-state index in [0.29, 0.717) is 12.1 Å². The predicted octanol–water partition coefficient (Wildman–Crippen LogP) is 3.88. The monoisotopic (exact) mass is 526 g/mol. The van der Waals surface area contributed by atoms with Gasteiger partial charge in [-0.3, -0.25) is 4.79 Å². The number of aromatic nitrogens is 3. The number of rotatable bonds is 10. The Balaban J connectivity index is 1.56. The van der Waals surface area contributed by atoms with Gasteiger partial charge in [0.2, 0.25) is 0 Å². The van der Waals surface area contributed by atoms with E-state index in [1.807, 2.05) is 30.3 Å². The van der Waals surface area contributed by atoms with Gasteiger partial charge in [-0.05, 0) is 41.8 Å². The van der Waals surface area contributed by atoms with Gasteiger partial charge in [-0.2, -0.15) is 4.31 Å². The Morgan fingerprint density at radius 1 is 1.11 bits per heavy atom. The van der Waals surface area contributed by atoms with Crippen LogP contribution < -0.4 is 0 Å². The fourth-order valence-electron chi connectivity index (χ4n) is 3.79. The smallest absolute Gasteiger partial charge is 0.307 e. The van der Waals surface area contributed by atoms with E-state index in [0.717, 1.165) is 16.0 Å². The number of esters is 1. The summed E-state index contributed by atoms with van der Waals surface area (Å²) in [4.78, 5) is 13.0. The van der Waals surface area contributed by atoms with Crippen molar-refractivity contribution in [2.24, 2.45) is 0 Å². The number of methoxy groups -OCH3 is 1. The van der Waals surface area contributed by atoms with E-state index in [1.165, 1.54) is 36.0 Å². The van der Waals surface area contributed by atoms with Crippen LogP contribution in [-0.4, -0.2) is 53.0 Å². The van der Waals surface area contributed by atoms with Crippen molar-refractivity contribution in [2.45, 2.75) is 29.6 Å². The molecule has 0 aliphatic heterocycles. The Hall–Kier alpha value is -3.54. The van der Waals surface area contributed by atoms with E-state index < -0.39 is 22.0 Å². The summed E-state index contributed by atoms with van der Waals surface area (Å²) in [6.07, 6.45) is 1.93. The van der Waals surface area contributed by atoms with Crippen LogP contribution in [0.3, 0.4) is 0 Å². The summed E-state index contributed by atoms with van der Waals surface area (Å²) in [5.41, 5.74) is 2.36. The van der Waals surface area contributed by atoms with Crippen LogP contribution in [-0.2, 0) is 32.5 Å². The van der Waals surface area contributed by atoms with Gasteiger partial charge in [0.05, 0.1) is 38.0 Å². The molecule has 9 nitrogen and oxygen atoms in total. The van der Waals surface area contributed by atoms with Crippen molar-refractivity contribution < 1.29 is 23.1 Å². The van der Waals surface area contributed by atoms with Crippen LogP contribution >= 0.6 is 11.3 Å². The molecule has 36 heavy (non-hydrogen) atoms. The Bertz CT molecular complexity index is 1420. The zero-order chi connectivity index (χ0) is 25.7. The van der Waals surface area contributed by atoms with Gasteiger partial charge in [-0.1, -0.05) is 47.7 Å². The number of nitrogens with zero attached hydrogens (tertiary/aromatic N) is 4. The second-order valence-corrected chi connectivity index (χ2v) is 11.6. The molecule has 0 radical (unpaired) electrons. The second kappa shape index (κ2) is 11.0. The zero-order valence-electron chi connectivity index (χ0n) is 19.8. The number of ether oxygens (including phenoxy) is 1. The largest absolute Gasteiger partial charge is 0.508 e. The van der Waals surface area contributed by atoms with Crippen LogP contribution in [0.15, 0.2) is 77.1 Å². The first kappa shape index (κ1) is 25.5. The molecule has 0 saturated carbocycles. The normalized spacial score (nSPS) is 12.5. The molecule has 2 aromatic carbocycles. The van der Waals surface area contributed by atoms with Gasteiger partial charge >= 0.3 is 5.97 Å². The minimum Gasteiger partial charge on any atom is -0.508 e. The number of phenolic OH excluding ortho intramolecular Hbond substituents is 1. The number of hydrogen-bond acceptors (Lipinski definition) is 8.